The highest BCUT2D eigenvalue weighted by atomic mass is 16.5. The number of Topliss-reactive ketones (excluding diaryl/α,β-unsaturated/α-hetero) is 1. The Morgan fingerprint density at radius 3 is 2.07 bits per heavy atom. The van der Waals surface area contributed by atoms with Gasteiger partial charge in [-0.3, -0.25) is 24.1 Å². The molecule has 156 valence electrons. The van der Waals surface area contributed by atoms with E-state index in [0.717, 1.165) is 4.90 Å². The van der Waals surface area contributed by atoms with Crippen LogP contribution in [0.25, 0.3) is 0 Å². The van der Waals surface area contributed by atoms with Crippen LogP contribution in [0, 0.1) is 13.8 Å². The number of H-pyrrole nitrogens is 1. The predicted octanol–water partition coefficient (Wildman–Crippen LogP) is 1.83. The average Bonchev–Trinajstić information content (AvgIpc) is 3.14. The van der Waals surface area contributed by atoms with Gasteiger partial charge in [0.05, 0.1) is 28.9 Å². The van der Waals surface area contributed by atoms with Crippen molar-refractivity contribution in [2.45, 2.75) is 20.8 Å². The maximum atomic E-state index is 12.6. The van der Waals surface area contributed by atoms with E-state index in [9.17, 15) is 24.0 Å². The van der Waals surface area contributed by atoms with Gasteiger partial charge < -0.3 is 14.5 Å². The summed E-state index contributed by atoms with van der Waals surface area (Å²) in [6, 6.07) is 6.23. The van der Waals surface area contributed by atoms with Crippen molar-refractivity contribution in [1.29, 1.82) is 0 Å². The number of hydrogen-bond donors (Lipinski definition) is 1. The second-order valence-electron chi connectivity index (χ2n) is 6.67. The van der Waals surface area contributed by atoms with Gasteiger partial charge in [0, 0.05) is 11.4 Å². The molecule has 0 saturated carbocycles. The lowest BCUT2D eigenvalue weighted by molar-refractivity contribution is -0.142. The summed E-state index contributed by atoms with van der Waals surface area (Å²) in [6.07, 6.45) is 0. The minimum Gasteiger partial charge on any atom is -0.462 e. The lowest BCUT2D eigenvalue weighted by atomic mass is 10.1. The maximum absolute atomic E-state index is 12.6. The lowest BCUT2D eigenvalue weighted by Crippen LogP contribution is -2.36. The molecule has 0 unspecified atom stereocenters. The van der Waals surface area contributed by atoms with Crippen molar-refractivity contribution in [2.24, 2.45) is 0 Å². The fourth-order valence-electron chi connectivity index (χ4n) is 3.36. The molecule has 1 aromatic carbocycles. The molecule has 1 aromatic heterocycles. The number of hydrogen-bond acceptors (Lipinski definition) is 7. The van der Waals surface area contributed by atoms with Crippen molar-refractivity contribution >= 4 is 29.5 Å². The van der Waals surface area contributed by atoms with Crippen molar-refractivity contribution in [1.82, 2.24) is 9.88 Å². The van der Waals surface area contributed by atoms with Crippen molar-refractivity contribution in [3.63, 3.8) is 0 Å². The summed E-state index contributed by atoms with van der Waals surface area (Å²) in [7, 11) is 0. The number of ether oxygens (including phenoxy) is 2. The lowest BCUT2D eigenvalue weighted by Gasteiger charge is -2.13. The largest absolute Gasteiger partial charge is 0.462 e. The molecule has 2 heterocycles. The molecule has 2 aromatic rings. The summed E-state index contributed by atoms with van der Waals surface area (Å²) in [4.78, 5) is 65.2. The van der Waals surface area contributed by atoms with Crippen molar-refractivity contribution in [2.75, 3.05) is 19.8 Å². The number of benzene rings is 1. The summed E-state index contributed by atoms with van der Waals surface area (Å²) in [5.74, 6) is -3.36. The van der Waals surface area contributed by atoms with Crippen LogP contribution in [0.4, 0.5) is 0 Å². The molecule has 9 heteroatoms. The molecule has 1 N–H and O–H groups in total. The Morgan fingerprint density at radius 2 is 1.50 bits per heavy atom. The Balaban J connectivity index is 1.67. The molecule has 0 atom stereocenters. The molecule has 9 nitrogen and oxygen atoms in total. The first kappa shape index (κ1) is 21.0. The predicted molar refractivity (Wildman–Crippen MR) is 103 cm³/mol. The van der Waals surface area contributed by atoms with E-state index in [2.05, 4.69) is 4.98 Å². The highest BCUT2D eigenvalue weighted by Crippen LogP contribution is 2.23. The second kappa shape index (κ2) is 8.32. The number of amides is 2. The van der Waals surface area contributed by atoms with Crippen LogP contribution in [0.15, 0.2) is 24.3 Å². The van der Waals surface area contributed by atoms with Gasteiger partial charge in [0.15, 0.2) is 6.61 Å². The molecule has 0 fully saturated rings. The van der Waals surface area contributed by atoms with E-state index < -0.39 is 42.7 Å². The first-order valence-corrected chi connectivity index (χ1v) is 9.26. The van der Waals surface area contributed by atoms with Gasteiger partial charge in [-0.05, 0) is 32.9 Å². The molecule has 2 amide bonds. The third-order valence-electron chi connectivity index (χ3n) is 4.66. The van der Waals surface area contributed by atoms with Crippen molar-refractivity contribution < 1.29 is 33.4 Å². The number of carbonyl (C=O) groups is 5. The molecular weight excluding hydrogens is 392 g/mol. The summed E-state index contributed by atoms with van der Waals surface area (Å²) in [6.45, 7) is 3.77. The summed E-state index contributed by atoms with van der Waals surface area (Å²) >= 11 is 0. The van der Waals surface area contributed by atoms with Crippen LogP contribution >= 0.6 is 0 Å². The minimum atomic E-state index is -0.916. The molecule has 3 rings (SSSR count). The smallest absolute Gasteiger partial charge is 0.340 e. The van der Waals surface area contributed by atoms with Gasteiger partial charge >= 0.3 is 11.9 Å². The zero-order valence-electron chi connectivity index (χ0n) is 16.7. The number of rotatable bonds is 7. The van der Waals surface area contributed by atoms with Gasteiger partial charge in [0.1, 0.15) is 6.54 Å². The number of nitrogens with zero attached hydrogens (tertiary/aromatic N) is 1. The van der Waals surface area contributed by atoms with E-state index >= 15 is 0 Å². The first-order valence-electron chi connectivity index (χ1n) is 9.26. The van der Waals surface area contributed by atoms with Gasteiger partial charge in [0.25, 0.3) is 11.8 Å². The number of aromatic nitrogens is 1. The van der Waals surface area contributed by atoms with Crippen LogP contribution in [0.1, 0.15) is 59.7 Å². The number of carbonyl (C=O) groups excluding carboxylic acids is 5. The Hall–Kier alpha value is -3.75. The number of aryl methyl sites for hydroxylation is 2. The molecule has 1 aliphatic rings. The third kappa shape index (κ3) is 3.73. The first-order chi connectivity index (χ1) is 14.3. The van der Waals surface area contributed by atoms with E-state index in [1.165, 1.54) is 12.1 Å². The number of imide groups is 1. The van der Waals surface area contributed by atoms with Crippen LogP contribution < -0.4 is 0 Å². The fraction of sp³-hybridized carbons (Fsp3) is 0.286. The van der Waals surface area contributed by atoms with Crippen LogP contribution in [0.3, 0.4) is 0 Å². The van der Waals surface area contributed by atoms with Crippen molar-refractivity contribution in [3.8, 4) is 0 Å². The normalized spacial score (nSPS) is 12.7. The van der Waals surface area contributed by atoms with Gasteiger partial charge in [-0.25, -0.2) is 4.79 Å². The Morgan fingerprint density at radius 1 is 0.933 bits per heavy atom. The summed E-state index contributed by atoms with van der Waals surface area (Å²) < 4.78 is 9.96. The molecule has 30 heavy (non-hydrogen) atoms. The number of aromatic amines is 1. The number of nitrogens with one attached hydrogen (secondary N) is 1. The van der Waals surface area contributed by atoms with Gasteiger partial charge in [-0.2, -0.15) is 0 Å². The Bertz CT molecular complexity index is 1030. The highest BCUT2D eigenvalue weighted by molar-refractivity contribution is 6.22. The fourth-order valence-corrected chi connectivity index (χ4v) is 3.36. The number of fused-ring (bicyclic) bond motifs is 1. The molecule has 0 spiro atoms. The highest BCUT2D eigenvalue weighted by Gasteiger charge is 2.36. The molecule has 0 bridgehead atoms. The van der Waals surface area contributed by atoms with E-state index in [1.54, 1.807) is 32.9 Å². The van der Waals surface area contributed by atoms with Gasteiger partial charge in [-0.1, -0.05) is 12.1 Å². The molecule has 1 aliphatic heterocycles. The van der Waals surface area contributed by atoms with Crippen molar-refractivity contribution in [3.05, 3.63) is 57.9 Å². The Labute approximate surface area is 172 Å². The van der Waals surface area contributed by atoms with E-state index in [0.29, 0.717) is 11.4 Å². The average molecular weight is 412 g/mol. The summed E-state index contributed by atoms with van der Waals surface area (Å²) in [5, 5.41) is 0. The summed E-state index contributed by atoms with van der Waals surface area (Å²) in [5.41, 5.74) is 1.51. The molecule has 0 aliphatic carbocycles. The number of esters is 2. The van der Waals surface area contributed by atoms with Gasteiger partial charge in [0.2, 0.25) is 5.78 Å². The zero-order valence-corrected chi connectivity index (χ0v) is 16.7. The topological polar surface area (TPSA) is 123 Å². The van der Waals surface area contributed by atoms with Crippen LogP contribution in [-0.4, -0.2) is 59.2 Å². The molecule has 0 saturated heterocycles. The maximum Gasteiger partial charge on any atom is 0.340 e. The minimum absolute atomic E-state index is 0.0829. The van der Waals surface area contributed by atoms with E-state index in [4.69, 9.17) is 9.47 Å². The third-order valence-corrected chi connectivity index (χ3v) is 4.66. The van der Waals surface area contributed by atoms with Gasteiger partial charge in [-0.15, -0.1) is 0 Å². The van der Waals surface area contributed by atoms with Crippen LogP contribution in [0.5, 0.6) is 0 Å². The zero-order chi connectivity index (χ0) is 22.0. The molecular formula is C21H20N2O7. The SMILES string of the molecule is CCOC(=O)c1c(C)[nH]c(C)c1C(=O)COC(=O)CN1C(=O)c2ccccc2C1=O. The second-order valence-corrected chi connectivity index (χ2v) is 6.67. The monoisotopic (exact) mass is 412 g/mol. The number of ketones is 1. The molecule has 0 radical (unpaired) electrons. The van der Waals surface area contributed by atoms with Crippen LogP contribution in [-0.2, 0) is 14.3 Å². The van der Waals surface area contributed by atoms with E-state index in [1.807, 2.05) is 0 Å². The van der Waals surface area contributed by atoms with E-state index in [-0.39, 0.29) is 28.9 Å². The quantitative estimate of drug-likeness (QED) is 0.418. The standard InChI is InChI=1S/C21H20N2O7/c1-4-29-21(28)18-12(3)22-11(2)17(18)15(24)10-30-16(25)9-23-19(26)13-7-5-6-8-14(13)20(23)27/h5-8,22H,4,9-10H2,1-3H3. The van der Waals surface area contributed by atoms with Crippen LogP contribution in [0.2, 0.25) is 0 Å². The Kier molecular flexibility index (Phi) is 5.81.